The molecule has 0 unspecified atom stereocenters. The van der Waals surface area contributed by atoms with Gasteiger partial charge < -0.3 is 15.0 Å². The molecule has 0 saturated heterocycles. The molecular weight excluding hydrogens is 313 g/mol. The van der Waals surface area contributed by atoms with E-state index in [-0.39, 0.29) is 17.7 Å². The summed E-state index contributed by atoms with van der Waals surface area (Å²) >= 11 is 0. The quantitative estimate of drug-likeness (QED) is 0.582. The van der Waals surface area contributed by atoms with Crippen LogP contribution >= 0.6 is 0 Å². The van der Waals surface area contributed by atoms with E-state index in [1.54, 1.807) is 14.1 Å². The molecule has 0 bridgehead atoms. The zero-order chi connectivity index (χ0) is 17.5. The Hall–Kier alpha value is -2.06. The lowest BCUT2D eigenvalue weighted by Gasteiger charge is -2.15. The van der Waals surface area contributed by atoms with E-state index in [0.717, 1.165) is 12.5 Å². The first-order chi connectivity index (χ1) is 10.7. The standard InChI is InChI=1S/C14H21F3N4O2/c1-21(2)11-9-10(14(15,16)17)19-13(20-11)18-8-6-4-5-7-12(22)23-3/h9H,4-8H2,1-3H3,(H,18,19,20). The Bertz CT molecular complexity index is 521. The van der Waals surface area contributed by atoms with Gasteiger partial charge in [-0.1, -0.05) is 6.42 Å². The topological polar surface area (TPSA) is 67.3 Å². The number of carbonyl (C=O) groups is 1. The van der Waals surface area contributed by atoms with Crippen LogP contribution in [0.2, 0.25) is 0 Å². The summed E-state index contributed by atoms with van der Waals surface area (Å²) in [5.74, 6) is -0.146. The van der Waals surface area contributed by atoms with Crippen molar-refractivity contribution in [1.29, 1.82) is 0 Å². The summed E-state index contributed by atoms with van der Waals surface area (Å²) < 4.78 is 43.0. The predicted octanol–water partition coefficient (Wildman–Crippen LogP) is 2.71. The van der Waals surface area contributed by atoms with Crippen molar-refractivity contribution in [2.24, 2.45) is 0 Å². The monoisotopic (exact) mass is 334 g/mol. The number of unbranched alkanes of at least 4 members (excludes halogenated alkanes) is 2. The van der Waals surface area contributed by atoms with Crippen molar-refractivity contribution >= 4 is 17.7 Å². The van der Waals surface area contributed by atoms with E-state index in [1.807, 2.05) is 0 Å². The number of anilines is 2. The molecule has 9 heteroatoms. The zero-order valence-corrected chi connectivity index (χ0v) is 13.4. The summed E-state index contributed by atoms with van der Waals surface area (Å²) in [5.41, 5.74) is -0.982. The van der Waals surface area contributed by atoms with Crippen LogP contribution in [0.3, 0.4) is 0 Å². The molecule has 0 saturated carbocycles. The molecule has 1 aromatic heterocycles. The number of hydrogen-bond donors (Lipinski definition) is 1. The Morgan fingerprint density at radius 3 is 2.52 bits per heavy atom. The zero-order valence-electron chi connectivity index (χ0n) is 13.4. The molecular formula is C14H21F3N4O2. The molecule has 1 aromatic rings. The molecule has 6 nitrogen and oxygen atoms in total. The summed E-state index contributed by atoms with van der Waals surface area (Å²) in [5, 5.41) is 2.79. The second-order valence-corrected chi connectivity index (χ2v) is 5.14. The lowest BCUT2D eigenvalue weighted by molar-refractivity contribution is -0.141. The molecule has 23 heavy (non-hydrogen) atoms. The number of methoxy groups -OCH3 is 1. The first-order valence-electron chi connectivity index (χ1n) is 7.18. The highest BCUT2D eigenvalue weighted by Crippen LogP contribution is 2.30. The second-order valence-electron chi connectivity index (χ2n) is 5.14. The van der Waals surface area contributed by atoms with Gasteiger partial charge in [0.25, 0.3) is 0 Å². The van der Waals surface area contributed by atoms with Crippen LogP contribution in [-0.4, -0.2) is 43.7 Å². The fourth-order valence-corrected chi connectivity index (χ4v) is 1.76. The fourth-order valence-electron chi connectivity index (χ4n) is 1.76. The minimum absolute atomic E-state index is 0.0588. The lowest BCUT2D eigenvalue weighted by atomic mass is 10.2. The molecule has 1 heterocycles. The maximum Gasteiger partial charge on any atom is 0.433 e. The summed E-state index contributed by atoms with van der Waals surface area (Å²) in [6, 6.07) is 0.904. The summed E-state index contributed by atoms with van der Waals surface area (Å²) in [6.45, 7) is 0.426. The van der Waals surface area contributed by atoms with Gasteiger partial charge in [0, 0.05) is 33.1 Å². The molecule has 0 amide bonds. The molecule has 1 N–H and O–H groups in total. The number of aromatic nitrogens is 2. The maximum atomic E-state index is 12.8. The van der Waals surface area contributed by atoms with E-state index in [2.05, 4.69) is 20.0 Å². The molecule has 0 fully saturated rings. The number of esters is 1. The number of hydrogen-bond acceptors (Lipinski definition) is 6. The number of rotatable bonds is 8. The molecule has 0 spiro atoms. The molecule has 0 atom stereocenters. The molecule has 130 valence electrons. The van der Waals surface area contributed by atoms with E-state index < -0.39 is 11.9 Å². The molecule has 0 aliphatic rings. The highest BCUT2D eigenvalue weighted by Gasteiger charge is 2.33. The van der Waals surface area contributed by atoms with Gasteiger partial charge in [-0.15, -0.1) is 0 Å². The normalized spacial score (nSPS) is 11.2. The van der Waals surface area contributed by atoms with Gasteiger partial charge in [0.2, 0.25) is 5.95 Å². The minimum atomic E-state index is -4.52. The Morgan fingerprint density at radius 2 is 1.96 bits per heavy atom. The average molecular weight is 334 g/mol. The molecule has 1 rings (SSSR count). The van der Waals surface area contributed by atoms with Crippen LogP contribution in [0.1, 0.15) is 31.4 Å². The number of alkyl halides is 3. The predicted molar refractivity (Wildman–Crippen MR) is 80.3 cm³/mol. The van der Waals surface area contributed by atoms with Crippen molar-refractivity contribution in [1.82, 2.24) is 9.97 Å². The highest BCUT2D eigenvalue weighted by molar-refractivity contribution is 5.68. The summed E-state index contributed by atoms with van der Waals surface area (Å²) in [4.78, 5) is 19.9. The number of ether oxygens (including phenoxy) is 1. The van der Waals surface area contributed by atoms with Gasteiger partial charge in [0.15, 0.2) is 5.69 Å². The van der Waals surface area contributed by atoms with Crippen molar-refractivity contribution in [2.75, 3.05) is 38.0 Å². The Morgan fingerprint density at radius 1 is 1.26 bits per heavy atom. The molecule has 0 aromatic carbocycles. The van der Waals surface area contributed by atoms with Gasteiger partial charge in [-0.3, -0.25) is 4.79 Å². The molecule has 0 radical (unpaired) electrons. The van der Waals surface area contributed by atoms with E-state index in [4.69, 9.17) is 0 Å². The molecule has 0 aliphatic carbocycles. The average Bonchev–Trinajstić information content (AvgIpc) is 2.49. The van der Waals surface area contributed by atoms with Gasteiger partial charge >= 0.3 is 12.1 Å². The van der Waals surface area contributed by atoms with Crippen LogP contribution in [0.4, 0.5) is 24.9 Å². The van der Waals surface area contributed by atoms with Crippen molar-refractivity contribution in [2.45, 2.75) is 31.9 Å². The first kappa shape index (κ1) is 19.0. The van der Waals surface area contributed by atoms with Crippen LogP contribution in [-0.2, 0) is 15.7 Å². The summed E-state index contributed by atoms with van der Waals surface area (Å²) in [6.07, 6.45) is -2.08. The maximum absolute atomic E-state index is 12.8. The third-order valence-corrected chi connectivity index (χ3v) is 3.03. The lowest BCUT2D eigenvalue weighted by Crippen LogP contribution is -2.17. The number of carbonyl (C=O) groups excluding carboxylic acids is 1. The number of halogens is 3. The number of nitrogens with one attached hydrogen (secondary N) is 1. The van der Waals surface area contributed by atoms with Crippen LogP contribution in [0.15, 0.2) is 6.07 Å². The largest absolute Gasteiger partial charge is 0.469 e. The van der Waals surface area contributed by atoms with E-state index in [9.17, 15) is 18.0 Å². The van der Waals surface area contributed by atoms with Crippen LogP contribution in [0.5, 0.6) is 0 Å². The number of nitrogens with zero attached hydrogens (tertiary/aromatic N) is 3. The van der Waals surface area contributed by atoms with Gasteiger partial charge in [0.05, 0.1) is 7.11 Å². The van der Waals surface area contributed by atoms with E-state index in [0.29, 0.717) is 25.8 Å². The second kappa shape index (κ2) is 8.54. The minimum Gasteiger partial charge on any atom is -0.469 e. The smallest absolute Gasteiger partial charge is 0.433 e. The van der Waals surface area contributed by atoms with Crippen LogP contribution < -0.4 is 10.2 Å². The van der Waals surface area contributed by atoms with E-state index in [1.165, 1.54) is 12.0 Å². The van der Waals surface area contributed by atoms with Crippen molar-refractivity contribution in [3.05, 3.63) is 11.8 Å². The molecule has 0 aliphatic heterocycles. The van der Waals surface area contributed by atoms with Crippen molar-refractivity contribution in [3.63, 3.8) is 0 Å². The fraction of sp³-hybridized carbons (Fsp3) is 0.643. The highest BCUT2D eigenvalue weighted by atomic mass is 19.4. The van der Waals surface area contributed by atoms with Gasteiger partial charge in [0.1, 0.15) is 5.82 Å². The summed E-state index contributed by atoms with van der Waals surface area (Å²) in [7, 11) is 4.55. The van der Waals surface area contributed by atoms with Crippen LogP contribution in [0, 0.1) is 0 Å². The first-order valence-corrected chi connectivity index (χ1v) is 7.18. The Labute approximate surface area is 133 Å². The Kier molecular flexibility index (Phi) is 7.05. The Balaban J connectivity index is 2.56. The third-order valence-electron chi connectivity index (χ3n) is 3.03. The van der Waals surface area contributed by atoms with Crippen LogP contribution in [0.25, 0.3) is 0 Å². The van der Waals surface area contributed by atoms with Gasteiger partial charge in [-0.25, -0.2) is 4.98 Å². The van der Waals surface area contributed by atoms with Crippen molar-refractivity contribution < 1.29 is 22.7 Å². The van der Waals surface area contributed by atoms with E-state index >= 15 is 0 Å². The SMILES string of the molecule is COC(=O)CCCCCNc1nc(N(C)C)cc(C(F)(F)F)n1. The van der Waals surface area contributed by atoms with Crippen molar-refractivity contribution in [3.8, 4) is 0 Å². The van der Waals surface area contributed by atoms with Gasteiger partial charge in [-0.05, 0) is 12.8 Å². The van der Waals surface area contributed by atoms with Gasteiger partial charge in [-0.2, -0.15) is 18.2 Å². The third kappa shape index (κ3) is 6.70.